The van der Waals surface area contributed by atoms with E-state index in [2.05, 4.69) is 10.3 Å². The highest BCUT2D eigenvalue weighted by Gasteiger charge is 2.67. The van der Waals surface area contributed by atoms with E-state index < -0.39 is 17.4 Å². The van der Waals surface area contributed by atoms with Gasteiger partial charge in [0, 0.05) is 29.6 Å². The van der Waals surface area contributed by atoms with Crippen LogP contribution in [-0.2, 0) is 20.9 Å². The molecule has 4 atom stereocenters. The lowest BCUT2D eigenvalue weighted by atomic mass is 9.77. The van der Waals surface area contributed by atoms with Crippen LogP contribution >= 0.6 is 11.6 Å². The Hall–Kier alpha value is -2.70. The molecule has 2 amide bonds. The standard InChI is InChI=1S/C21H18ClN3O3/c22-14-3-5-15(6-4-14)25-12-21-8-7-16(28-21)17(18(21)20(25)27)19(26)24-11-13-2-1-9-23-10-13/h1-10,16-18H,11-12H2,(H,24,26)/t16-,17-,18+,21-/m1/s1. The van der Waals surface area contributed by atoms with Gasteiger partial charge in [-0.3, -0.25) is 14.6 Å². The minimum atomic E-state index is -0.738. The Morgan fingerprint density at radius 1 is 1.32 bits per heavy atom. The number of hydrogen-bond donors (Lipinski definition) is 1. The van der Waals surface area contributed by atoms with Gasteiger partial charge in [-0.25, -0.2) is 0 Å². The van der Waals surface area contributed by atoms with Gasteiger partial charge in [0.15, 0.2) is 0 Å². The number of carbonyl (C=O) groups is 2. The number of nitrogens with zero attached hydrogens (tertiary/aromatic N) is 2. The number of anilines is 1. The highest BCUT2D eigenvalue weighted by atomic mass is 35.5. The number of carbonyl (C=O) groups excluding carboxylic acids is 2. The number of aromatic nitrogens is 1. The van der Waals surface area contributed by atoms with Gasteiger partial charge in [0.2, 0.25) is 11.8 Å². The predicted octanol–water partition coefficient (Wildman–Crippen LogP) is 2.34. The maximum atomic E-state index is 13.2. The summed E-state index contributed by atoms with van der Waals surface area (Å²) < 4.78 is 6.14. The second-order valence-electron chi connectivity index (χ2n) is 7.38. The first kappa shape index (κ1) is 17.4. The van der Waals surface area contributed by atoms with Crippen LogP contribution in [0.5, 0.6) is 0 Å². The molecule has 28 heavy (non-hydrogen) atoms. The average Bonchev–Trinajstić information content (AvgIpc) is 3.36. The Labute approximate surface area is 167 Å². The van der Waals surface area contributed by atoms with E-state index in [-0.39, 0.29) is 17.9 Å². The van der Waals surface area contributed by atoms with E-state index >= 15 is 0 Å². The van der Waals surface area contributed by atoms with Crippen LogP contribution in [0.15, 0.2) is 60.9 Å². The number of fused-ring (bicyclic) bond motifs is 1. The maximum absolute atomic E-state index is 13.2. The molecule has 7 heteroatoms. The molecule has 1 aromatic carbocycles. The molecule has 142 valence electrons. The summed E-state index contributed by atoms with van der Waals surface area (Å²) in [7, 11) is 0. The second-order valence-corrected chi connectivity index (χ2v) is 7.82. The lowest BCUT2D eigenvalue weighted by Gasteiger charge is -2.23. The average molecular weight is 396 g/mol. The second kappa shape index (κ2) is 6.43. The molecule has 1 aromatic heterocycles. The molecule has 0 unspecified atom stereocenters. The third-order valence-electron chi connectivity index (χ3n) is 5.73. The lowest BCUT2D eigenvalue weighted by Crippen LogP contribution is -2.44. The van der Waals surface area contributed by atoms with Crippen LogP contribution in [0.3, 0.4) is 0 Å². The van der Waals surface area contributed by atoms with Gasteiger partial charge < -0.3 is 15.0 Å². The number of amides is 2. The molecule has 0 aliphatic carbocycles. The highest BCUT2D eigenvalue weighted by Crippen LogP contribution is 2.52. The zero-order chi connectivity index (χ0) is 19.3. The van der Waals surface area contributed by atoms with E-state index in [0.29, 0.717) is 18.1 Å². The number of pyridine rings is 1. The largest absolute Gasteiger partial charge is 0.360 e. The Morgan fingerprint density at radius 2 is 2.14 bits per heavy atom. The van der Waals surface area contributed by atoms with Crippen molar-refractivity contribution < 1.29 is 14.3 Å². The Balaban J connectivity index is 1.38. The van der Waals surface area contributed by atoms with Crippen molar-refractivity contribution in [1.29, 1.82) is 0 Å². The van der Waals surface area contributed by atoms with Gasteiger partial charge in [-0.15, -0.1) is 0 Å². The molecule has 5 rings (SSSR count). The molecule has 1 spiro atoms. The van der Waals surface area contributed by atoms with Crippen molar-refractivity contribution >= 4 is 29.1 Å². The van der Waals surface area contributed by atoms with Crippen LogP contribution in [0.1, 0.15) is 5.56 Å². The summed E-state index contributed by atoms with van der Waals surface area (Å²) in [6.07, 6.45) is 6.88. The van der Waals surface area contributed by atoms with Crippen molar-refractivity contribution in [3.05, 3.63) is 71.5 Å². The van der Waals surface area contributed by atoms with Crippen molar-refractivity contribution in [1.82, 2.24) is 10.3 Å². The number of rotatable bonds is 4. The molecule has 6 nitrogen and oxygen atoms in total. The molecule has 0 radical (unpaired) electrons. The van der Waals surface area contributed by atoms with Crippen LogP contribution in [0.4, 0.5) is 5.69 Å². The van der Waals surface area contributed by atoms with E-state index in [1.807, 2.05) is 36.4 Å². The molecule has 2 saturated heterocycles. The first-order chi connectivity index (χ1) is 13.6. The molecule has 3 aliphatic heterocycles. The Kier molecular flexibility index (Phi) is 4.00. The summed E-state index contributed by atoms with van der Waals surface area (Å²) >= 11 is 5.97. The van der Waals surface area contributed by atoms with Gasteiger partial charge in [-0.05, 0) is 35.9 Å². The van der Waals surface area contributed by atoms with Crippen LogP contribution in [0, 0.1) is 11.8 Å². The first-order valence-electron chi connectivity index (χ1n) is 9.18. The monoisotopic (exact) mass is 395 g/mol. The fourth-order valence-electron chi connectivity index (χ4n) is 4.45. The summed E-state index contributed by atoms with van der Waals surface area (Å²) in [4.78, 5) is 31.9. The topological polar surface area (TPSA) is 71.5 Å². The van der Waals surface area contributed by atoms with Crippen molar-refractivity contribution in [2.24, 2.45) is 11.8 Å². The molecule has 2 aromatic rings. The molecule has 1 N–H and O–H groups in total. The van der Waals surface area contributed by atoms with Crippen molar-refractivity contribution in [3.63, 3.8) is 0 Å². The van der Waals surface area contributed by atoms with E-state index in [1.54, 1.807) is 29.4 Å². The van der Waals surface area contributed by atoms with Gasteiger partial charge in [0.1, 0.15) is 5.60 Å². The molecule has 3 aliphatic rings. The van der Waals surface area contributed by atoms with Crippen molar-refractivity contribution in [3.8, 4) is 0 Å². The molecule has 2 fully saturated rings. The third kappa shape index (κ3) is 2.64. The van der Waals surface area contributed by atoms with Gasteiger partial charge in [0.05, 0.1) is 24.5 Å². The van der Waals surface area contributed by atoms with Crippen LogP contribution in [0.2, 0.25) is 5.02 Å². The zero-order valence-corrected chi connectivity index (χ0v) is 15.7. The fraction of sp³-hybridized carbons (Fsp3) is 0.286. The van der Waals surface area contributed by atoms with Gasteiger partial charge in [0.25, 0.3) is 0 Å². The summed E-state index contributed by atoms with van der Waals surface area (Å²) in [5.74, 6) is -1.31. The molecule has 4 heterocycles. The molecule has 0 saturated carbocycles. The fourth-order valence-corrected chi connectivity index (χ4v) is 4.57. The summed E-state index contributed by atoms with van der Waals surface area (Å²) in [5.41, 5.74) is 0.927. The highest BCUT2D eigenvalue weighted by molar-refractivity contribution is 6.30. The van der Waals surface area contributed by atoms with Crippen LogP contribution < -0.4 is 10.2 Å². The minimum absolute atomic E-state index is 0.0873. The number of hydrogen-bond acceptors (Lipinski definition) is 4. The van der Waals surface area contributed by atoms with Crippen molar-refractivity contribution in [2.75, 3.05) is 11.4 Å². The third-order valence-corrected chi connectivity index (χ3v) is 5.98. The first-order valence-corrected chi connectivity index (χ1v) is 9.56. The number of nitrogens with one attached hydrogen (secondary N) is 1. The zero-order valence-electron chi connectivity index (χ0n) is 14.9. The minimum Gasteiger partial charge on any atom is -0.360 e. The molecule has 2 bridgehead atoms. The lowest BCUT2D eigenvalue weighted by molar-refractivity contribution is -0.132. The number of ether oxygens (including phenoxy) is 1. The normalized spacial score (nSPS) is 30.0. The van der Waals surface area contributed by atoms with Crippen LogP contribution in [0.25, 0.3) is 0 Å². The van der Waals surface area contributed by atoms with Crippen molar-refractivity contribution in [2.45, 2.75) is 18.2 Å². The van der Waals surface area contributed by atoms with E-state index in [9.17, 15) is 9.59 Å². The Morgan fingerprint density at radius 3 is 2.89 bits per heavy atom. The smallest absolute Gasteiger partial charge is 0.234 e. The van der Waals surface area contributed by atoms with E-state index in [1.165, 1.54) is 0 Å². The van der Waals surface area contributed by atoms with Gasteiger partial charge in [-0.2, -0.15) is 0 Å². The van der Waals surface area contributed by atoms with Gasteiger partial charge >= 0.3 is 0 Å². The summed E-state index contributed by atoms with van der Waals surface area (Å²) in [6.45, 7) is 0.770. The summed E-state index contributed by atoms with van der Waals surface area (Å²) in [5, 5.41) is 3.55. The Bertz CT molecular complexity index is 963. The van der Waals surface area contributed by atoms with Gasteiger partial charge in [-0.1, -0.05) is 29.8 Å². The SMILES string of the molecule is O=C(NCc1cccnc1)[C@H]1[C@H]2C(=O)N(c3ccc(Cl)cc3)C[C@]23C=C[C@H]1O3. The number of halogens is 1. The van der Waals surface area contributed by atoms with E-state index in [4.69, 9.17) is 16.3 Å². The number of benzene rings is 1. The van der Waals surface area contributed by atoms with Crippen LogP contribution in [-0.4, -0.2) is 35.0 Å². The molecular weight excluding hydrogens is 378 g/mol. The summed E-state index contributed by atoms with van der Waals surface area (Å²) in [6, 6.07) is 10.8. The van der Waals surface area contributed by atoms with E-state index in [0.717, 1.165) is 11.3 Å². The molecular formula is C21H18ClN3O3. The quantitative estimate of drug-likeness (QED) is 0.806. The predicted molar refractivity (Wildman–Crippen MR) is 104 cm³/mol. The maximum Gasteiger partial charge on any atom is 0.234 e.